The zero-order chi connectivity index (χ0) is 12.6. The van der Waals surface area contributed by atoms with E-state index in [1.165, 1.54) is 14.0 Å². The second-order valence-corrected chi connectivity index (χ2v) is 5.48. The molecule has 2 saturated carbocycles. The van der Waals surface area contributed by atoms with E-state index in [0.717, 1.165) is 12.8 Å². The maximum Gasteiger partial charge on any atom is 0.308 e. The Bertz CT molecular complexity index is 330. The summed E-state index contributed by atoms with van der Waals surface area (Å²) >= 11 is 6.26. The predicted octanol–water partition coefficient (Wildman–Crippen LogP) is 1.74. The largest absolute Gasteiger partial charge is 0.469 e. The molecule has 2 fully saturated rings. The highest BCUT2D eigenvalue weighted by atomic mass is 35.5. The fourth-order valence-corrected chi connectivity index (χ4v) is 3.69. The number of halogens is 1. The molecule has 2 aliphatic carbocycles. The molecule has 0 spiro atoms. The van der Waals surface area contributed by atoms with Crippen molar-refractivity contribution in [1.29, 1.82) is 0 Å². The number of methoxy groups -OCH3 is 1. The molecule has 0 N–H and O–H groups in total. The van der Waals surface area contributed by atoms with Gasteiger partial charge in [-0.1, -0.05) is 0 Å². The van der Waals surface area contributed by atoms with Crippen molar-refractivity contribution in [3.8, 4) is 0 Å². The lowest BCUT2D eigenvalue weighted by Gasteiger charge is -2.18. The van der Waals surface area contributed by atoms with Crippen LogP contribution in [-0.4, -0.2) is 30.5 Å². The first-order valence-electron chi connectivity index (χ1n) is 5.92. The lowest BCUT2D eigenvalue weighted by Crippen LogP contribution is -2.22. The van der Waals surface area contributed by atoms with Crippen molar-refractivity contribution in [3.05, 3.63) is 0 Å². The van der Waals surface area contributed by atoms with Crippen LogP contribution in [0.4, 0.5) is 0 Å². The third kappa shape index (κ3) is 2.41. The molecule has 0 aromatic heterocycles. The first-order chi connectivity index (χ1) is 8.02. The van der Waals surface area contributed by atoms with Gasteiger partial charge >= 0.3 is 11.9 Å². The number of esters is 2. The molecule has 96 valence electrons. The van der Waals surface area contributed by atoms with Crippen LogP contribution < -0.4 is 0 Å². The number of carbonyl (C=O) groups excluding carboxylic acids is 2. The molecule has 0 amide bonds. The van der Waals surface area contributed by atoms with Crippen LogP contribution in [0.3, 0.4) is 0 Å². The summed E-state index contributed by atoms with van der Waals surface area (Å²) in [7, 11) is 1.40. The molecule has 0 aromatic carbocycles. The summed E-state index contributed by atoms with van der Waals surface area (Å²) in [6.07, 6.45) is 2.04. The summed E-state index contributed by atoms with van der Waals surface area (Å²) in [6.45, 7) is 1.41. The standard InChI is InChI=1S/C12H17ClO4/c1-6(14)17-11-5-10(13)8-3-7(4-9(8)11)12(15)16-2/h7-11H,3-5H2,1-2H3/t7-,8+,9-,10+,11+/m0/s1. The van der Waals surface area contributed by atoms with Crippen LogP contribution in [0, 0.1) is 17.8 Å². The van der Waals surface area contributed by atoms with E-state index in [0.29, 0.717) is 6.42 Å². The van der Waals surface area contributed by atoms with Gasteiger partial charge in [0.1, 0.15) is 6.10 Å². The monoisotopic (exact) mass is 260 g/mol. The van der Waals surface area contributed by atoms with Crippen molar-refractivity contribution in [3.63, 3.8) is 0 Å². The second-order valence-electron chi connectivity index (χ2n) is 4.92. The Kier molecular flexibility index (Phi) is 3.61. The van der Waals surface area contributed by atoms with Crippen LogP contribution in [0.5, 0.6) is 0 Å². The summed E-state index contributed by atoms with van der Waals surface area (Å²) in [4.78, 5) is 22.5. The molecule has 0 aromatic rings. The fraction of sp³-hybridized carbons (Fsp3) is 0.833. The van der Waals surface area contributed by atoms with Crippen molar-refractivity contribution in [2.75, 3.05) is 7.11 Å². The molecular formula is C12H17ClO4. The van der Waals surface area contributed by atoms with Gasteiger partial charge in [-0.15, -0.1) is 11.6 Å². The summed E-state index contributed by atoms with van der Waals surface area (Å²) in [5, 5.41) is -0.000920. The van der Waals surface area contributed by atoms with Crippen LogP contribution >= 0.6 is 11.6 Å². The van der Waals surface area contributed by atoms with Gasteiger partial charge in [-0.05, 0) is 18.8 Å². The molecule has 2 rings (SSSR count). The normalized spacial score (nSPS) is 39.8. The molecule has 2 aliphatic rings. The average molecular weight is 261 g/mol. The van der Waals surface area contributed by atoms with E-state index >= 15 is 0 Å². The zero-order valence-electron chi connectivity index (χ0n) is 10.0. The molecular weight excluding hydrogens is 244 g/mol. The third-order valence-corrected chi connectivity index (χ3v) is 4.42. The van der Waals surface area contributed by atoms with Crippen LogP contribution in [0.25, 0.3) is 0 Å². The first-order valence-corrected chi connectivity index (χ1v) is 6.35. The highest BCUT2D eigenvalue weighted by Crippen LogP contribution is 2.50. The molecule has 0 aliphatic heterocycles. The molecule has 5 heteroatoms. The molecule has 5 atom stereocenters. The van der Waals surface area contributed by atoms with Crippen LogP contribution in [0.15, 0.2) is 0 Å². The fourth-order valence-electron chi connectivity index (χ4n) is 3.23. The highest BCUT2D eigenvalue weighted by Gasteiger charge is 2.51. The number of hydrogen-bond donors (Lipinski definition) is 0. The van der Waals surface area contributed by atoms with Gasteiger partial charge in [-0.2, -0.15) is 0 Å². The summed E-state index contributed by atoms with van der Waals surface area (Å²) in [5.41, 5.74) is 0. The van der Waals surface area contributed by atoms with Gasteiger partial charge in [0, 0.05) is 24.6 Å². The molecule has 0 heterocycles. The van der Waals surface area contributed by atoms with Gasteiger partial charge in [0.05, 0.1) is 13.0 Å². The lowest BCUT2D eigenvalue weighted by atomic mass is 9.99. The van der Waals surface area contributed by atoms with Gasteiger partial charge in [-0.3, -0.25) is 9.59 Å². The van der Waals surface area contributed by atoms with E-state index in [1.54, 1.807) is 0 Å². The predicted molar refractivity (Wildman–Crippen MR) is 61.5 cm³/mol. The van der Waals surface area contributed by atoms with E-state index in [2.05, 4.69) is 0 Å². The molecule has 0 bridgehead atoms. The van der Waals surface area contributed by atoms with Gasteiger partial charge in [0.2, 0.25) is 0 Å². The van der Waals surface area contributed by atoms with E-state index in [4.69, 9.17) is 21.1 Å². The maximum absolute atomic E-state index is 11.5. The SMILES string of the molecule is COC(=O)[C@H]1C[C@@H]2[C@H](C1)[C@H](OC(C)=O)C[C@H]2Cl. The number of alkyl halides is 1. The minimum Gasteiger partial charge on any atom is -0.469 e. The first kappa shape index (κ1) is 12.7. The second kappa shape index (κ2) is 4.84. The Labute approximate surface area is 106 Å². The van der Waals surface area contributed by atoms with Crippen LogP contribution in [0.2, 0.25) is 0 Å². The van der Waals surface area contributed by atoms with Crippen LogP contribution in [0.1, 0.15) is 26.2 Å². The minimum atomic E-state index is -0.277. The molecule has 0 radical (unpaired) electrons. The number of carbonyl (C=O) groups is 2. The van der Waals surface area contributed by atoms with Gasteiger partial charge in [-0.25, -0.2) is 0 Å². The Morgan fingerprint density at radius 1 is 1.18 bits per heavy atom. The Morgan fingerprint density at radius 2 is 1.82 bits per heavy atom. The summed E-state index contributed by atoms with van der Waals surface area (Å²) in [6, 6.07) is 0. The van der Waals surface area contributed by atoms with Crippen molar-refractivity contribution in [2.24, 2.45) is 17.8 Å². The Balaban J connectivity index is 2.04. The minimum absolute atomic E-state index is 0.000920. The van der Waals surface area contributed by atoms with Crippen molar-refractivity contribution >= 4 is 23.5 Å². The van der Waals surface area contributed by atoms with E-state index in [-0.39, 0.29) is 41.2 Å². The highest BCUT2D eigenvalue weighted by molar-refractivity contribution is 6.21. The number of rotatable bonds is 2. The maximum atomic E-state index is 11.5. The zero-order valence-corrected chi connectivity index (χ0v) is 10.8. The smallest absolute Gasteiger partial charge is 0.308 e. The number of ether oxygens (including phenoxy) is 2. The van der Waals surface area contributed by atoms with E-state index in [1.807, 2.05) is 0 Å². The third-order valence-electron chi connectivity index (χ3n) is 3.91. The van der Waals surface area contributed by atoms with Gasteiger partial charge < -0.3 is 9.47 Å². The summed E-state index contributed by atoms with van der Waals surface area (Å²) < 4.78 is 10.0. The van der Waals surface area contributed by atoms with Crippen molar-refractivity contribution < 1.29 is 19.1 Å². The van der Waals surface area contributed by atoms with Crippen molar-refractivity contribution in [2.45, 2.75) is 37.7 Å². The lowest BCUT2D eigenvalue weighted by molar-refractivity contribution is -0.148. The topological polar surface area (TPSA) is 52.6 Å². The number of fused-ring (bicyclic) bond motifs is 1. The molecule has 17 heavy (non-hydrogen) atoms. The number of hydrogen-bond acceptors (Lipinski definition) is 4. The average Bonchev–Trinajstić information content (AvgIpc) is 2.80. The Morgan fingerprint density at radius 3 is 2.41 bits per heavy atom. The molecule has 4 nitrogen and oxygen atoms in total. The van der Waals surface area contributed by atoms with Gasteiger partial charge in [0.15, 0.2) is 0 Å². The van der Waals surface area contributed by atoms with Gasteiger partial charge in [0.25, 0.3) is 0 Å². The quantitative estimate of drug-likeness (QED) is 0.561. The molecule has 0 saturated heterocycles. The van der Waals surface area contributed by atoms with Crippen molar-refractivity contribution in [1.82, 2.24) is 0 Å². The van der Waals surface area contributed by atoms with Crippen LogP contribution in [-0.2, 0) is 19.1 Å². The van der Waals surface area contributed by atoms with E-state index < -0.39 is 0 Å². The Hall–Kier alpha value is -0.770. The molecule has 0 unspecified atom stereocenters. The summed E-state index contributed by atoms with van der Waals surface area (Å²) in [5.74, 6) is -0.0592. The van der Waals surface area contributed by atoms with E-state index in [9.17, 15) is 9.59 Å².